The first-order chi connectivity index (χ1) is 12.6. The summed E-state index contributed by atoms with van der Waals surface area (Å²) in [6.45, 7) is 1.63. The summed E-state index contributed by atoms with van der Waals surface area (Å²) in [5, 5.41) is 14.9. The van der Waals surface area contributed by atoms with E-state index in [9.17, 15) is 14.9 Å². The molecule has 0 spiro atoms. The number of nitro groups is 1. The first-order valence-corrected chi connectivity index (χ1v) is 9.77. The number of hydrogen-bond acceptors (Lipinski definition) is 6. The SMILES string of the molecule is O=C(Nc1nc2c(s1)CCCC2)c1ccc(N2CCCC2)c([N+](=O)[O-])c1. The average Bonchev–Trinajstić information content (AvgIpc) is 3.30. The van der Waals surface area contributed by atoms with Crippen LogP contribution in [0.5, 0.6) is 0 Å². The third-order valence-electron chi connectivity index (χ3n) is 4.95. The minimum absolute atomic E-state index is 0.0158. The summed E-state index contributed by atoms with van der Waals surface area (Å²) in [6.07, 6.45) is 6.33. The highest BCUT2D eigenvalue weighted by Crippen LogP contribution is 2.33. The van der Waals surface area contributed by atoms with Crippen molar-refractivity contribution >= 4 is 33.8 Å². The number of fused-ring (bicyclic) bond motifs is 1. The molecule has 8 heteroatoms. The van der Waals surface area contributed by atoms with E-state index in [0.717, 1.165) is 57.3 Å². The maximum Gasteiger partial charge on any atom is 0.293 e. The van der Waals surface area contributed by atoms with Gasteiger partial charge in [-0.15, -0.1) is 11.3 Å². The van der Waals surface area contributed by atoms with Crippen LogP contribution >= 0.6 is 11.3 Å². The molecule has 1 saturated heterocycles. The number of rotatable bonds is 4. The highest BCUT2D eigenvalue weighted by Gasteiger charge is 2.24. The minimum Gasteiger partial charge on any atom is -0.366 e. The Morgan fingerprint density at radius 3 is 2.69 bits per heavy atom. The lowest BCUT2D eigenvalue weighted by atomic mass is 10.0. The summed E-state index contributed by atoms with van der Waals surface area (Å²) in [6, 6.07) is 4.71. The van der Waals surface area contributed by atoms with Crippen molar-refractivity contribution in [1.82, 2.24) is 4.98 Å². The van der Waals surface area contributed by atoms with Crippen LogP contribution in [0.25, 0.3) is 0 Å². The molecule has 2 aliphatic rings. The molecule has 1 aliphatic carbocycles. The molecule has 2 aromatic rings. The third-order valence-corrected chi connectivity index (χ3v) is 6.02. The molecule has 0 atom stereocenters. The maximum absolute atomic E-state index is 12.6. The third kappa shape index (κ3) is 3.29. The van der Waals surface area contributed by atoms with E-state index >= 15 is 0 Å². The Morgan fingerprint density at radius 1 is 1.19 bits per heavy atom. The van der Waals surface area contributed by atoms with E-state index in [0.29, 0.717) is 10.8 Å². The van der Waals surface area contributed by atoms with Gasteiger partial charge in [0.2, 0.25) is 0 Å². The molecule has 136 valence electrons. The lowest BCUT2D eigenvalue weighted by Crippen LogP contribution is -2.19. The van der Waals surface area contributed by atoms with Crippen LogP contribution in [-0.2, 0) is 12.8 Å². The van der Waals surface area contributed by atoms with Crippen LogP contribution in [0.3, 0.4) is 0 Å². The normalized spacial score (nSPS) is 16.4. The quantitative estimate of drug-likeness (QED) is 0.652. The highest BCUT2D eigenvalue weighted by molar-refractivity contribution is 7.15. The second-order valence-corrected chi connectivity index (χ2v) is 7.79. The van der Waals surface area contributed by atoms with Gasteiger partial charge in [-0.1, -0.05) is 0 Å². The summed E-state index contributed by atoms with van der Waals surface area (Å²) in [5.41, 5.74) is 1.94. The van der Waals surface area contributed by atoms with Crippen LogP contribution in [0.4, 0.5) is 16.5 Å². The molecular formula is C18H20N4O3S. The Hall–Kier alpha value is -2.48. The monoisotopic (exact) mass is 372 g/mol. The lowest BCUT2D eigenvalue weighted by molar-refractivity contribution is -0.384. The Labute approximate surface area is 155 Å². The Morgan fingerprint density at radius 2 is 1.96 bits per heavy atom. The maximum atomic E-state index is 12.6. The number of hydrogen-bond donors (Lipinski definition) is 1. The van der Waals surface area contributed by atoms with Gasteiger partial charge in [-0.05, 0) is 50.7 Å². The smallest absolute Gasteiger partial charge is 0.293 e. The predicted molar refractivity (Wildman–Crippen MR) is 101 cm³/mol. The molecule has 1 aromatic carbocycles. The molecule has 4 rings (SSSR count). The van der Waals surface area contributed by atoms with Gasteiger partial charge in [0.25, 0.3) is 11.6 Å². The lowest BCUT2D eigenvalue weighted by Gasteiger charge is -2.17. The van der Waals surface area contributed by atoms with E-state index in [1.165, 1.54) is 22.3 Å². The zero-order valence-electron chi connectivity index (χ0n) is 14.4. The van der Waals surface area contributed by atoms with Crippen LogP contribution in [-0.4, -0.2) is 28.9 Å². The largest absolute Gasteiger partial charge is 0.366 e. The fourth-order valence-electron chi connectivity index (χ4n) is 3.61. The fraction of sp³-hybridized carbons (Fsp3) is 0.444. The van der Waals surface area contributed by atoms with Gasteiger partial charge >= 0.3 is 0 Å². The van der Waals surface area contributed by atoms with Crippen molar-refractivity contribution in [2.75, 3.05) is 23.3 Å². The second-order valence-electron chi connectivity index (χ2n) is 6.70. The zero-order valence-corrected chi connectivity index (χ0v) is 15.2. The van der Waals surface area contributed by atoms with Crippen molar-refractivity contribution < 1.29 is 9.72 Å². The Kier molecular flexibility index (Phi) is 4.58. The van der Waals surface area contributed by atoms with Crippen LogP contribution in [0, 0.1) is 10.1 Å². The van der Waals surface area contributed by atoms with Gasteiger partial charge in [-0.2, -0.15) is 0 Å². The molecule has 1 N–H and O–H groups in total. The molecule has 0 unspecified atom stereocenters. The molecule has 1 fully saturated rings. The van der Waals surface area contributed by atoms with Gasteiger partial charge in [-0.3, -0.25) is 20.2 Å². The number of nitrogens with zero attached hydrogens (tertiary/aromatic N) is 3. The number of aromatic nitrogens is 1. The van der Waals surface area contributed by atoms with Crippen LogP contribution < -0.4 is 10.2 Å². The molecule has 1 amide bonds. The summed E-state index contributed by atoms with van der Waals surface area (Å²) in [7, 11) is 0. The molecule has 1 aliphatic heterocycles. The summed E-state index contributed by atoms with van der Waals surface area (Å²) >= 11 is 1.51. The molecule has 7 nitrogen and oxygen atoms in total. The summed E-state index contributed by atoms with van der Waals surface area (Å²) < 4.78 is 0. The number of thiazole rings is 1. The standard InChI is InChI=1S/C18H20N4O3S/c23-17(20-18-19-13-5-1-2-6-16(13)26-18)12-7-8-14(15(11-12)22(24)25)21-9-3-4-10-21/h7-8,11H,1-6,9-10H2,(H,19,20,23). The van der Waals surface area contributed by atoms with Crippen LogP contribution in [0.2, 0.25) is 0 Å². The number of carbonyl (C=O) groups is 1. The van der Waals surface area contributed by atoms with Gasteiger partial charge in [-0.25, -0.2) is 4.98 Å². The number of carbonyl (C=O) groups excluding carboxylic acids is 1. The van der Waals surface area contributed by atoms with Crippen molar-refractivity contribution in [3.63, 3.8) is 0 Å². The van der Waals surface area contributed by atoms with E-state index in [1.807, 2.05) is 4.90 Å². The molecular weight excluding hydrogens is 352 g/mol. The predicted octanol–water partition coefficient (Wildman–Crippen LogP) is 3.78. The molecule has 2 heterocycles. The Bertz CT molecular complexity index is 835. The van der Waals surface area contributed by atoms with Crippen molar-refractivity contribution in [2.24, 2.45) is 0 Å². The Balaban J connectivity index is 1.56. The molecule has 0 bridgehead atoms. The number of benzene rings is 1. The first kappa shape index (κ1) is 17.0. The van der Waals surface area contributed by atoms with E-state index in [4.69, 9.17) is 0 Å². The van der Waals surface area contributed by atoms with Crippen LogP contribution in [0.15, 0.2) is 18.2 Å². The average molecular weight is 372 g/mol. The van der Waals surface area contributed by atoms with Crippen molar-refractivity contribution in [3.05, 3.63) is 44.4 Å². The van der Waals surface area contributed by atoms with Crippen molar-refractivity contribution in [2.45, 2.75) is 38.5 Å². The number of anilines is 2. The number of nitrogens with one attached hydrogen (secondary N) is 1. The van der Waals surface area contributed by atoms with Gasteiger partial charge in [0.1, 0.15) is 5.69 Å². The van der Waals surface area contributed by atoms with E-state index in [2.05, 4.69) is 10.3 Å². The van der Waals surface area contributed by atoms with Gasteiger partial charge in [0.05, 0.1) is 10.6 Å². The number of nitro benzene ring substituents is 1. The van der Waals surface area contributed by atoms with Crippen LogP contribution in [0.1, 0.15) is 46.6 Å². The molecule has 26 heavy (non-hydrogen) atoms. The highest BCUT2D eigenvalue weighted by atomic mass is 32.1. The topological polar surface area (TPSA) is 88.4 Å². The van der Waals surface area contributed by atoms with Crippen molar-refractivity contribution in [3.8, 4) is 0 Å². The number of aryl methyl sites for hydroxylation is 2. The summed E-state index contributed by atoms with van der Waals surface area (Å²) in [4.78, 5) is 31.4. The minimum atomic E-state index is -0.410. The summed E-state index contributed by atoms with van der Waals surface area (Å²) in [5.74, 6) is -0.354. The molecule has 0 radical (unpaired) electrons. The second kappa shape index (κ2) is 7.03. The first-order valence-electron chi connectivity index (χ1n) is 8.95. The zero-order chi connectivity index (χ0) is 18.1. The van der Waals surface area contributed by atoms with Crippen molar-refractivity contribution in [1.29, 1.82) is 0 Å². The van der Waals surface area contributed by atoms with E-state index in [1.54, 1.807) is 12.1 Å². The number of amides is 1. The molecule has 1 aromatic heterocycles. The van der Waals surface area contributed by atoms with E-state index < -0.39 is 4.92 Å². The molecule has 0 saturated carbocycles. The van der Waals surface area contributed by atoms with E-state index in [-0.39, 0.29) is 17.2 Å². The van der Waals surface area contributed by atoms with Gasteiger partial charge in [0.15, 0.2) is 5.13 Å². The fourth-order valence-corrected chi connectivity index (χ4v) is 4.66. The van der Waals surface area contributed by atoms with Gasteiger partial charge < -0.3 is 4.90 Å². The van der Waals surface area contributed by atoms with Gasteiger partial charge in [0, 0.05) is 29.6 Å².